The zero-order chi connectivity index (χ0) is 14.6. The molecule has 0 bridgehead atoms. The van der Waals surface area contributed by atoms with E-state index in [1.54, 1.807) is 11.8 Å². The molecule has 1 amide bonds. The molecule has 0 fully saturated rings. The number of amides is 1. The van der Waals surface area contributed by atoms with Gasteiger partial charge in [-0.05, 0) is 19.1 Å². The minimum absolute atomic E-state index is 0. The van der Waals surface area contributed by atoms with E-state index in [-0.39, 0.29) is 30.3 Å². The quantitative estimate of drug-likeness (QED) is 0.793. The van der Waals surface area contributed by atoms with Crippen molar-refractivity contribution in [3.63, 3.8) is 0 Å². The molecule has 3 N–H and O–H groups in total. The molecule has 6 heteroatoms. The number of rotatable bonds is 5. The average Bonchev–Trinajstić information content (AvgIpc) is 2.32. The third-order valence-electron chi connectivity index (χ3n) is 2.78. The fourth-order valence-electron chi connectivity index (χ4n) is 1.45. The van der Waals surface area contributed by atoms with Crippen molar-refractivity contribution >= 4 is 47.4 Å². The number of benzene rings is 1. The molecule has 0 aliphatic heterocycles. The molecule has 0 spiro atoms. The molecule has 1 aromatic carbocycles. The van der Waals surface area contributed by atoms with Crippen molar-refractivity contribution < 1.29 is 4.79 Å². The van der Waals surface area contributed by atoms with Gasteiger partial charge in [0.25, 0.3) is 0 Å². The second-order valence-corrected chi connectivity index (χ2v) is 6.91. The largest absolute Gasteiger partial charge is 0.327 e. The lowest BCUT2D eigenvalue weighted by Gasteiger charge is -2.18. The molecule has 3 nitrogen and oxygen atoms in total. The fourth-order valence-corrected chi connectivity index (χ4v) is 2.65. The number of carbonyl (C=O) groups excluding carboxylic acids is 1. The van der Waals surface area contributed by atoms with Crippen LogP contribution in [0.4, 0.5) is 5.69 Å². The first-order valence-corrected chi connectivity index (χ1v) is 7.60. The van der Waals surface area contributed by atoms with Crippen molar-refractivity contribution in [3.8, 4) is 0 Å². The Bertz CT molecular complexity index is 453. The van der Waals surface area contributed by atoms with Crippen LogP contribution in [0.25, 0.3) is 0 Å². The minimum Gasteiger partial charge on any atom is -0.327 e. The Morgan fingerprint density at radius 3 is 2.40 bits per heavy atom. The van der Waals surface area contributed by atoms with Crippen LogP contribution in [0.1, 0.15) is 27.7 Å². The first kappa shape index (κ1) is 19.6. The third-order valence-corrected chi connectivity index (χ3v) is 4.35. The van der Waals surface area contributed by atoms with Gasteiger partial charge in [-0.2, -0.15) is 0 Å². The van der Waals surface area contributed by atoms with Crippen molar-refractivity contribution in [1.29, 1.82) is 0 Å². The molecule has 2 unspecified atom stereocenters. The first-order chi connectivity index (χ1) is 8.82. The monoisotopic (exact) mass is 336 g/mol. The Balaban J connectivity index is 0.00000361. The van der Waals surface area contributed by atoms with Gasteiger partial charge in [-0.25, -0.2) is 0 Å². The van der Waals surface area contributed by atoms with Crippen LogP contribution in [0.15, 0.2) is 23.1 Å². The van der Waals surface area contributed by atoms with Crippen molar-refractivity contribution in [1.82, 2.24) is 0 Å². The van der Waals surface area contributed by atoms with Crippen molar-refractivity contribution in [2.75, 3.05) is 5.32 Å². The summed E-state index contributed by atoms with van der Waals surface area (Å²) < 4.78 is 0. The lowest BCUT2D eigenvalue weighted by Crippen LogP contribution is -2.34. The summed E-state index contributed by atoms with van der Waals surface area (Å²) in [5.74, 6) is -0.321. The van der Waals surface area contributed by atoms with E-state index in [1.807, 2.05) is 32.0 Å². The van der Waals surface area contributed by atoms with E-state index < -0.39 is 0 Å². The number of thioether (sulfide) groups is 1. The highest BCUT2D eigenvalue weighted by Crippen LogP contribution is 2.36. The summed E-state index contributed by atoms with van der Waals surface area (Å²) in [4.78, 5) is 13.0. The van der Waals surface area contributed by atoms with Crippen LogP contribution in [0.3, 0.4) is 0 Å². The van der Waals surface area contributed by atoms with Gasteiger partial charge in [0.2, 0.25) is 5.91 Å². The van der Waals surface area contributed by atoms with Crippen molar-refractivity contribution in [2.45, 2.75) is 43.9 Å². The molecule has 0 radical (unpaired) electrons. The summed E-state index contributed by atoms with van der Waals surface area (Å²) in [5, 5.41) is 3.96. The van der Waals surface area contributed by atoms with Gasteiger partial charge in [0.05, 0.1) is 16.6 Å². The molecular formula is C14H22Cl2N2OS. The Kier molecular flexibility index (Phi) is 8.59. The Morgan fingerprint density at radius 2 is 1.90 bits per heavy atom. The molecular weight excluding hydrogens is 315 g/mol. The fraction of sp³-hybridized carbons (Fsp3) is 0.500. The molecule has 20 heavy (non-hydrogen) atoms. The van der Waals surface area contributed by atoms with E-state index >= 15 is 0 Å². The molecule has 114 valence electrons. The van der Waals surface area contributed by atoms with Crippen LogP contribution < -0.4 is 11.1 Å². The summed E-state index contributed by atoms with van der Waals surface area (Å²) in [7, 11) is 0. The highest BCUT2D eigenvalue weighted by molar-refractivity contribution is 8.00. The summed E-state index contributed by atoms with van der Waals surface area (Å²) in [6.07, 6.45) is 0. The van der Waals surface area contributed by atoms with Crippen LogP contribution in [0.5, 0.6) is 0 Å². The standard InChI is InChI=1S/C14H21ClN2OS.ClH/c1-8(2)19-13-11(15)6-5-7-12(13)17-14(18)9(3)10(4)16;/h5-10H,16H2,1-4H3,(H,17,18);1H. The Hall–Kier alpha value is -0.420. The number of nitrogens with one attached hydrogen (secondary N) is 1. The number of carbonyl (C=O) groups is 1. The Labute approximate surface area is 136 Å². The van der Waals surface area contributed by atoms with E-state index in [1.165, 1.54) is 0 Å². The zero-order valence-corrected chi connectivity index (χ0v) is 14.5. The highest BCUT2D eigenvalue weighted by atomic mass is 35.5. The van der Waals surface area contributed by atoms with E-state index in [0.717, 1.165) is 10.6 Å². The van der Waals surface area contributed by atoms with Gasteiger partial charge in [0.1, 0.15) is 0 Å². The molecule has 2 atom stereocenters. The van der Waals surface area contributed by atoms with Crippen molar-refractivity contribution in [2.24, 2.45) is 11.7 Å². The third kappa shape index (κ3) is 5.52. The van der Waals surface area contributed by atoms with E-state index in [2.05, 4.69) is 19.2 Å². The zero-order valence-electron chi connectivity index (χ0n) is 12.1. The van der Waals surface area contributed by atoms with Crippen LogP contribution >= 0.6 is 35.8 Å². The molecule has 0 aliphatic carbocycles. The van der Waals surface area contributed by atoms with Crippen LogP contribution in [-0.2, 0) is 4.79 Å². The van der Waals surface area contributed by atoms with Gasteiger partial charge in [-0.1, -0.05) is 38.4 Å². The van der Waals surface area contributed by atoms with Gasteiger partial charge in [0, 0.05) is 16.2 Å². The van der Waals surface area contributed by atoms with E-state index in [0.29, 0.717) is 10.3 Å². The predicted octanol–water partition coefficient (Wildman–Crippen LogP) is 4.18. The summed E-state index contributed by atoms with van der Waals surface area (Å²) in [6.45, 7) is 7.82. The van der Waals surface area contributed by atoms with Gasteiger partial charge < -0.3 is 11.1 Å². The number of anilines is 1. The second-order valence-electron chi connectivity index (χ2n) is 4.92. The molecule has 0 aliphatic rings. The number of halogens is 2. The minimum atomic E-state index is -0.240. The van der Waals surface area contributed by atoms with Gasteiger partial charge in [0.15, 0.2) is 0 Å². The lowest BCUT2D eigenvalue weighted by molar-refractivity contribution is -0.119. The van der Waals surface area contributed by atoms with E-state index in [9.17, 15) is 4.79 Å². The highest BCUT2D eigenvalue weighted by Gasteiger charge is 2.19. The predicted molar refractivity (Wildman–Crippen MR) is 91.1 cm³/mol. The van der Waals surface area contributed by atoms with Crippen LogP contribution in [-0.4, -0.2) is 17.2 Å². The number of nitrogens with two attached hydrogens (primary N) is 1. The van der Waals surface area contributed by atoms with Gasteiger partial charge in [-0.15, -0.1) is 24.2 Å². The number of hydrogen-bond acceptors (Lipinski definition) is 3. The maximum atomic E-state index is 12.1. The second kappa shape index (κ2) is 8.78. The van der Waals surface area contributed by atoms with Gasteiger partial charge in [-0.3, -0.25) is 4.79 Å². The maximum absolute atomic E-state index is 12.1. The lowest BCUT2D eigenvalue weighted by atomic mass is 10.0. The summed E-state index contributed by atoms with van der Waals surface area (Å²) in [5.41, 5.74) is 6.50. The van der Waals surface area contributed by atoms with Crippen molar-refractivity contribution in [3.05, 3.63) is 23.2 Å². The molecule has 1 aromatic rings. The molecule has 0 aromatic heterocycles. The molecule has 0 saturated heterocycles. The topological polar surface area (TPSA) is 55.1 Å². The summed E-state index contributed by atoms with van der Waals surface area (Å²) >= 11 is 7.84. The molecule has 1 rings (SSSR count). The maximum Gasteiger partial charge on any atom is 0.228 e. The SMILES string of the molecule is CC(C)Sc1c(Cl)cccc1NC(=O)C(C)C(C)N.Cl. The van der Waals surface area contributed by atoms with Gasteiger partial charge >= 0.3 is 0 Å². The average molecular weight is 337 g/mol. The first-order valence-electron chi connectivity index (χ1n) is 6.34. The molecule has 0 saturated carbocycles. The van der Waals surface area contributed by atoms with E-state index in [4.69, 9.17) is 17.3 Å². The Morgan fingerprint density at radius 1 is 1.30 bits per heavy atom. The molecule has 0 heterocycles. The smallest absolute Gasteiger partial charge is 0.228 e. The normalized spacial score (nSPS) is 13.6. The van der Waals surface area contributed by atoms with Crippen LogP contribution in [0, 0.1) is 5.92 Å². The van der Waals surface area contributed by atoms with Crippen LogP contribution in [0.2, 0.25) is 5.02 Å². The summed E-state index contributed by atoms with van der Waals surface area (Å²) in [6, 6.07) is 5.35. The number of hydrogen-bond donors (Lipinski definition) is 2.